The summed E-state index contributed by atoms with van der Waals surface area (Å²) in [4.78, 5) is 36.4. The third kappa shape index (κ3) is 3.92. The van der Waals surface area contributed by atoms with Crippen molar-refractivity contribution in [2.24, 2.45) is 5.73 Å². The average molecular weight is 368 g/mol. The first-order chi connectivity index (χ1) is 12.9. The van der Waals surface area contributed by atoms with Crippen molar-refractivity contribution in [3.05, 3.63) is 64.7 Å². The van der Waals surface area contributed by atoms with Crippen molar-refractivity contribution in [3.63, 3.8) is 0 Å². The van der Waals surface area contributed by atoms with Crippen LogP contribution in [0.2, 0.25) is 0 Å². The van der Waals surface area contributed by atoms with Crippen molar-refractivity contribution in [3.8, 4) is 5.75 Å². The first-order valence-electron chi connectivity index (χ1n) is 8.56. The van der Waals surface area contributed by atoms with Crippen molar-refractivity contribution < 1.29 is 24.2 Å². The van der Waals surface area contributed by atoms with Gasteiger partial charge in [0.15, 0.2) is 0 Å². The van der Waals surface area contributed by atoms with Crippen molar-refractivity contribution in [1.29, 1.82) is 0 Å². The van der Waals surface area contributed by atoms with E-state index in [0.717, 1.165) is 5.56 Å². The number of amides is 2. The van der Waals surface area contributed by atoms with E-state index < -0.39 is 29.6 Å². The smallest absolute Gasteiger partial charge is 0.342 e. The summed E-state index contributed by atoms with van der Waals surface area (Å²) in [7, 11) is 0. The lowest BCUT2D eigenvalue weighted by Crippen LogP contribution is -2.46. The number of primary amides is 1. The van der Waals surface area contributed by atoms with Gasteiger partial charge in [-0.15, -0.1) is 0 Å². The molecule has 27 heavy (non-hydrogen) atoms. The third-order valence-corrected chi connectivity index (χ3v) is 4.46. The predicted octanol–water partition coefficient (Wildman–Crippen LogP) is 1.32. The Balaban J connectivity index is 1.84. The number of hydrogen-bond acceptors (Lipinski definition) is 5. The van der Waals surface area contributed by atoms with Gasteiger partial charge < -0.3 is 20.9 Å². The van der Waals surface area contributed by atoms with E-state index >= 15 is 0 Å². The molecule has 0 saturated heterocycles. The van der Waals surface area contributed by atoms with E-state index in [1.165, 1.54) is 6.07 Å². The first-order valence-corrected chi connectivity index (χ1v) is 8.56. The van der Waals surface area contributed by atoms with Crippen LogP contribution in [0.5, 0.6) is 5.75 Å². The van der Waals surface area contributed by atoms with Gasteiger partial charge in [0.2, 0.25) is 5.91 Å². The zero-order chi connectivity index (χ0) is 19.6. The Hall–Kier alpha value is -3.35. The summed E-state index contributed by atoms with van der Waals surface area (Å²) in [6, 6.07) is 11.2. The van der Waals surface area contributed by atoms with E-state index in [2.05, 4.69) is 5.32 Å². The number of ether oxygens (including phenoxy) is 1. The fourth-order valence-electron chi connectivity index (χ4n) is 3.12. The molecule has 1 unspecified atom stereocenters. The standard InChI is InChI=1S/C20H20N2O5/c1-11-9-13-7-8-14(17(23)16(13)20(26)27-11)19(25)22-15(18(21)24)10-12-5-3-2-4-6-12/h2-8,11,15,23H,9-10H2,1H3,(H2,21,24)(H,22,25)/t11?,15-/m0/s1. The molecule has 3 rings (SSSR count). The molecule has 140 valence electrons. The number of aromatic hydroxyl groups is 1. The lowest BCUT2D eigenvalue weighted by atomic mass is 9.95. The highest BCUT2D eigenvalue weighted by Gasteiger charge is 2.30. The second kappa shape index (κ2) is 7.49. The number of phenolic OH excluding ortho intramolecular Hbond substituents is 1. The summed E-state index contributed by atoms with van der Waals surface area (Å²) in [5, 5.41) is 13.0. The van der Waals surface area contributed by atoms with Gasteiger partial charge in [0.1, 0.15) is 23.5 Å². The fraction of sp³-hybridized carbons (Fsp3) is 0.250. The number of hydrogen-bond donors (Lipinski definition) is 3. The molecule has 0 saturated carbocycles. The minimum Gasteiger partial charge on any atom is -0.506 e. The van der Waals surface area contributed by atoms with Crippen LogP contribution in [0.4, 0.5) is 0 Å². The van der Waals surface area contributed by atoms with Crippen LogP contribution in [0.25, 0.3) is 0 Å². The minimum absolute atomic E-state index is 0.0144. The minimum atomic E-state index is -0.956. The summed E-state index contributed by atoms with van der Waals surface area (Å²) >= 11 is 0. The summed E-state index contributed by atoms with van der Waals surface area (Å²) in [6.45, 7) is 1.75. The quantitative estimate of drug-likeness (QED) is 0.688. The number of nitrogens with one attached hydrogen (secondary N) is 1. The largest absolute Gasteiger partial charge is 0.506 e. The van der Waals surface area contributed by atoms with E-state index in [1.807, 2.05) is 30.3 Å². The maximum absolute atomic E-state index is 12.6. The summed E-state index contributed by atoms with van der Waals surface area (Å²) in [5.74, 6) is -2.52. The van der Waals surface area contributed by atoms with Crippen LogP contribution < -0.4 is 11.1 Å². The third-order valence-electron chi connectivity index (χ3n) is 4.46. The summed E-state index contributed by atoms with van der Waals surface area (Å²) in [6.07, 6.45) is 0.371. The average Bonchev–Trinajstić information content (AvgIpc) is 2.61. The Bertz CT molecular complexity index is 895. The number of nitrogens with two attached hydrogens (primary N) is 1. The van der Waals surface area contributed by atoms with Crippen LogP contribution in [0, 0.1) is 0 Å². The Labute approximate surface area is 156 Å². The van der Waals surface area contributed by atoms with Crippen LogP contribution in [-0.4, -0.2) is 35.0 Å². The molecule has 2 amide bonds. The lowest BCUT2D eigenvalue weighted by molar-refractivity contribution is -0.119. The van der Waals surface area contributed by atoms with E-state index in [1.54, 1.807) is 13.0 Å². The van der Waals surface area contributed by atoms with Crippen molar-refractivity contribution >= 4 is 17.8 Å². The van der Waals surface area contributed by atoms with Gasteiger partial charge in [-0.05, 0) is 24.1 Å². The van der Waals surface area contributed by atoms with Gasteiger partial charge >= 0.3 is 5.97 Å². The van der Waals surface area contributed by atoms with Gasteiger partial charge in [-0.2, -0.15) is 0 Å². The Morgan fingerprint density at radius 3 is 2.63 bits per heavy atom. The molecule has 7 heteroatoms. The van der Waals surface area contributed by atoms with Gasteiger partial charge in [0.05, 0.1) is 5.56 Å². The zero-order valence-corrected chi connectivity index (χ0v) is 14.8. The Morgan fingerprint density at radius 2 is 1.96 bits per heavy atom. The monoisotopic (exact) mass is 368 g/mol. The highest BCUT2D eigenvalue weighted by Crippen LogP contribution is 2.31. The number of carbonyl (C=O) groups excluding carboxylic acids is 3. The SMILES string of the molecule is CC1Cc2ccc(C(=O)N[C@@H](Cc3ccccc3)C(N)=O)c(O)c2C(=O)O1. The number of esters is 1. The summed E-state index contributed by atoms with van der Waals surface area (Å²) in [5.41, 5.74) is 6.72. The van der Waals surface area contributed by atoms with E-state index in [0.29, 0.717) is 12.0 Å². The molecule has 7 nitrogen and oxygen atoms in total. The molecule has 2 atom stereocenters. The molecule has 0 fully saturated rings. The van der Waals surface area contributed by atoms with Crippen molar-refractivity contribution in [1.82, 2.24) is 5.32 Å². The molecule has 0 bridgehead atoms. The molecule has 0 spiro atoms. The molecule has 0 aromatic heterocycles. The van der Waals surface area contributed by atoms with E-state index in [-0.39, 0.29) is 23.7 Å². The van der Waals surface area contributed by atoms with E-state index in [9.17, 15) is 19.5 Å². The number of benzene rings is 2. The topological polar surface area (TPSA) is 119 Å². The zero-order valence-electron chi connectivity index (χ0n) is 14.8. The van der Waals surface area contributed by atoms with Crippen LogP contribution in [0.1, 0.15) is 38.8 Å². The highest BCUT2D eigenvalue weighted by atomic mass is 16.5. The molecule has 1 heterocycles. The first kappa shape index (κ1) is 18.4. The second-order valence-electron chi connectivity index (χ2n) is 6.53. The van der Waals surface area contributed by atoms with E-state index in [4.69, 9.17) is 10.5 Å². The Kier molecular flexibility index (Phi) is 5.12. The van der Waals surface area contributed by atoms with Crippen LogP contribution in [0.15, 0.2) is 42.5 Å². The molecular formula is C20H20N2O5. The molecule has 1 aliphatic rings. The van der Waals surface area contributed by atoms with Crippen LogP contribution in [0.3, 0.4) is 0 Å². The van der Waals surface area contributed by atoms with Gasteiger partial charge in [-0.25, -0.2) is 4.79 Å². The van der Waals surface area contributed by atoms with Crippen molar-refractivity contribution in [2.75, 3.05) is 0 Å². The second-order valence-corrected chi connectivity index (χ2v) is 6.53. The molecule has 2 aromatic carbocycles. The molecule has 1 aliphatic heterocycles. The highest BCUT2D eigenvalue weighted by molar-refractivity contribution is 6.04. The normalized spacial score (nSPS) is 16.8. The predicted molar refractivity (Wildman–Crippen MR) is 97.3 cm³/mol. The molecule has 2 aromatic rings. The maximum Gasteiger partial charge on any atom is 0.342 e. The molecular weight excluding hydrogens is 348 g/mol. The summed E-state index contributed by atoms with van der Waals surface area (Å²) < 4.78 is 5.12. The number of carbonyl (C=O) groups is 3. The fourth-order valence-corrected chi connectivity index (χ4v) is 3.12. The molecule has 0 radical (unpaired) electrons. The number of cyclic esters (lactones) is 1. The van der Waals surface area contributed by atoms with Gasteiger partial charge in [-0.1, -0.05) is 36.4 Å². The van der Waals surface area contributed by atoms with Crippen LogP contribution in [-0.2, 0) is 22.4 Å². The van der Waals surface area contributed by atoms with Crippen LogP contribution >= 0.6 is 0 Å². The Morgan fingerprint density at radius 1 is 1.26 bits per heavy atom. The maximum atomic E-state index is 12.6. The van der Waals surface area contributed by atoms with Gasteiger partial charge in [-0.3, -0.25) is 9.59 Å². The lowest BCUT2D eigenvalue weighted by Gasteiger charge is -2.23. The van der Waals surface area contributed by atoms with Gasteiger partial charge in [0.25, 0.3) is 5.91 Å². The van der Waals surface area contributed by atoms with Crippen molar-refractivity contribution in [2.45, 2.75) is 31.9 Å². The van der Waals surface area contributed by atoms with Gasteiger partial charge in [0, 0.05) is 12.8 Å². The molecule has 4 N–H and O–H groups in total. The number of phenols is 1. The number of rotatable bonds is 5. The number of fused-ring (bicyclic) bond motifs is 1. The molecule has 0 aliphatic carbocycles.